The van der Waals surface area contributed by atoms with Crippen LogP contribution >= 0.6 is 0 Å². The molecule has 1 aliphatic rings. The quantitative estimate of drug-likeness (QED) is 0.269. The van der Waals surface area contributed by atoms with Crippen LogP contribution < -0.4 is 4.74 Å². The molecule has 0 spiro atoms. The number of carboxylic acid groups (broad SMARTS) is 1. The standard InChI is InChI=1S/C33H28FN3O4/c1-36-30(25-17-19-26(41-2)20-18-25)29(21-23-11-5-3-6-12-23)37(33(39)40,22-24-13-7-4-8-14-24)32(36)35-31(38)27-15-9-10-16-28(27)34/h3-21,30H,22H2,1-2H3/p+1. The van der Waals surface area contributed by atoms with Gasteiger partial charge in [0.1, 0.15) is 24.2 Å². The maximum atomic E-state index is 14.6. The summed E-state index contributed by atoms with van der Waals surface area (Å²) >= 11 is 0. The largest absolute Gasteiger partial charge is 0.526 e. The summed E-state index contributed by atoms with van der Waals surface area (Å²) in [5, 5.41) is 11.1. The molecule has 0 aromatic heterocycles. The summed E-state index contributed by atoms with van der Waals surface area (Å²) in [6.07, 6.45) is 0.609. The van der Waals surface area contributed by atoms with Crippen molar-refractivity contribution in [3.05, 3.63) is 143 Å². The van der Waals surface area contributed by atoms with Crippen LogP contribution in [-0.4, -0.2) is 46.6 Å². The van der Waals surface area contributed by atoms with Gasteiger partial charge >= 0.3 is 12.1 Å². The number of methoxy groups -OCH3 is 1. The highest BCUT2D eigenvalue weighted by Crippen LogP contribution is 2.46. The Kier molecular flexibility index (Phi) is 7.76. The molecule has 1 heterocycles. The molecule has 1 N–H and O–H groups in total. The lowest BCUT2D eigenvalue weighted by molar-refractivity contribution is -0.736. The Morgan fingerprint density at radius 2 is 1.54 bits per heavy atom. The fraction of sp³-hybridized carbons (Fsp3) is 0.121. The summed E-state index contributed by atoms with van der Waals surface area (Å²) in [6, 6.07) is 30.8. The zero-order valence-electron chi connectivity index (χ0n) is 22.6. The number of amides is 2. The van der Waals surface area contributed by atoms with Crippen LogP contribution in [0.3, 0.4) is 0 Å². The molecule has 1 aliphatic heterocycles. The molecule has 4 aromatic rings. The van der Waals surface area contributed by atoms with Gasteiger partial charge in [0.05, 0.1) is 12.7 Å². The Morgan fingerprint density at radius 3 is 2.15 bits per heavy atom. The van der Waals surface area contributed by atoms with E-state index in [0.717, 1.165) is 16.7 Å². The lowest BCUT2D eigenvalue weighted by Gasteiger charge is -2.28. The smallest absolute Gasteiger partial charge is 0.497 e. The summed E-state index contributed by atoms with van der Waals surface area (Å²) in [5.41, 5.74) is 2.52. The monoisotopic (exact) mass is 550 g/mol. The van der Waals surface area contributed by atoms with E-state index in [2.05, 4.69) is 4.99 Å². The molecule has 2 amide bonds. The van der Waals surface area contributed by atoms with Gasteiger partial charge in [-0.25, -0.2) is 4.39 Å². The maximum absolute atomic E-state index is 14.6. The average molecular weight is 551 g/mol. The van der Waals surface area contributed by atoms with E-state index < -0.39 is 28.3 Å². The second-order valence-corrected chi connectivity index (χ2v) is 9.70. The van der Waals surface area contributed by atoms with Crippen molar-refractivity contribution in [3.8, 4) is 5.75 Å². The molecule has 0 aliphatic carbocycles. The van der Waals surface area contributed by atoms with E-state index in [-0.39, 0.29) is 18.1 Å². The molecule has 206 valence electrons. The minimum atomic E-state index is -1.22. The highest BCUT2D eigenvalue weighted by Gasteiger charge is 2.60. The van der Waals surface area contributed by atoms with Gasteiger partial charge in [-0.15, -0.1) is 9.48 Å². The molecule has 1 saturated heterocycles. The Labute approximate surface area is 237 Å². The molecule has 4 aromatic carbocycles. The molecule has 2 unspecified atom stereocenters. The molecule has 0 radical (unpaired) electrons. The predicted molar refractivity (Wildman–Crippen MR) is 155 cm³/mol. The average Bonchev–Trinajstić information content (AvgIpc) is 3.21. The zero-order valence-corrected chi connectivity index (χ0v) is 22.6. The van der Waals surface area contributed by atoms with Crippen molar-refractivity contribution in [2.45, 2.75) is 12.6 Å². The Morgan fingerprint density at radius 1 is 0.927 bits per heavy atom. The van der Waals surface area contributed by atoms with Gasteiger partial charge in [-0.05, 0) is 35.4 Å². The molecule has 8 heteroatoms. The van der Waals surface area contributed by atoms with Crippen LogP contribution in [-0.2, 0) is 6.54 Å². The van der Waals surface area contributed by atoms with Crippen molar-refractivity contribution < 1.29 is 28.3 Å². The first-order valence-corrected chi connectivity index (χ1v) is 13.0. The predicted octanol–water partition coefficient (Wildman–Crippen LogP) is 6.75. The van der Waals surface area contributed by atoms with Crippen molar-refractivity contribution in [2.24, 2.45) is 4.99 Å². The molecule has 5 rings (SSSR count). The Balaban J connectivity index is 1.80. The molecule has 0 saturated carbocycles. The third kappa shape index (κ3) is 5.25. The summed E-state index contributed by atoms with van der Waals surface area (Å²) in [6.45, 7) is -0.0325. The fourth-order valence-electron chi connectivity index (χ4n) is 5.23. The number of aliphatic imine (C=N–C) groups is 1. The molecule has 1 fully saturated rings. The normalized spacial score (nSPS) is 20.4. The molecule has 2 atom stereocenters. The third-order valence-electron chi connectivity index (χ3n) is 7.21. The summed E-state index contributed by atoms with van der Waals surface area (Å²) in [4.78, 5) is 33.0. The summed E-state index contributed by atoms with van der Waals surface area (Å²) in [7, 11) is 3.28. The van der Waals surface area contributed by atoms with Gasteiger partial charge in [0, 0.05) is 18.7 Å². The topological polar surface area (TPSA) is 79.2 Å². The number of rotatable bonds is 6. The van der Waals surface area contributed by atoms with E-state index in [1.807, 2.05) is 78.9 Å². The molecule has 7 nitrogen and oxygen atoms in total. The number of halogens is 1. The Bertz CT molecular complexity index is 1620. The summed E-state index contributed by atoms with van der Waals surface area (Å²) < 4.78 is 19.2. The number of hydrogen-bond acceptors (Lipinski definition) is 3. The SMILES string of the molecule is COc1ccc(C2C(=Cc3ccccc3)[N+](Cc3ccccc3)(C(=O)O)C(=NC(=O)c3ccccc3F)N2C)cc1. The number of quaternary nitrogens is 1. The molecular weight excluding hydrogens is 521 g/mol. The number of likely N-dealkylation sites (N-methyl/N-ethyl adjacent to an activating group) is 1. The molecule has 0 bridgehead atoms. The van der Waals surface area contributed by atoms with Crippen molar-refractivity contribution in [1.82, 2.24) is 4.90 Å². The number of benzene rings is 4. The summed E-state index contributed by atoms with van der Waals surface area (Å²) in [5.74, 6) is -0.977. The maximum Gasteiger partial charge on any atom is 0.526 e. The van der Waals surface area contributed by atoms with E-state index in [1.54, 1.807) is 37.3 Å². The van der Waals surface area contributed by atoms with Crippen LogP contribution in [0.2, 0.25) is 0 Å². The van der Waals surface area contributed by atoms with Crippen LogP contribution in [0, 0.1) is 5.82 Å². The van der Waals surface area contributed by atoms with Gasteiger partial charge in [-0.3, -0.25) is 9.69 Å². The van der Waals surface area contributed by atoms with Gasteiger partial charge < -0.3 is 9.84 Å². The van der Waals surface area contributed by atoms with E-state index >= 15 is 0 Å². The molecular formula is C33H29FN3O4+. The highest BCUT2D eigenvalue weighted by molar-refractivity contribution is 6.04. The van der Waals surface area contributed by atoms with Gasteiger partial charge in [-0.2, -0.15) is 4.79 Å². The first-order chi connectivity index (χ1) is 19.8. The van der Waals surface area contributed by atoms with Crippen LogP contribution in [0.25, 0.3) is 6.08 Å². The third-order valence-corrected chi connectivity index (χ3v) is 7.21. The second-order valence-electron chi connectivity index (χ2n) is 9.70. The number of hydrogen-bond donors (Lipinski definition) is 1. The van der Waals surface area contributed by atoms with E-state index in [4.69, 9.17) is 4.74 Å². The van der Waals surface area contributed by atoms with Crippen molar-refractivity contribution in [3.63, 3.8) is 0 Å². The van der Waals surface area contributed by atoms with Crippen LogP contribution in [0.15, 0.2) is 120 Å². The molecule has 41 heavy (non-hydrogen) atoms. The fourth-order valence-corrected chi connectivity index (χ4v) is 5.23. The van der Waals surface area contributed by atoms with Crippen LogP contribution in [0.5, 0.6) is 5.75 Å². The number of carbonyl (C=O) groups is 2. The van der Waals surface area contributed by atoms with Gasteiger partial charge in [0.15, 0.2) is 5.70 Å². The second kappa shape index (κ2) is 11.6. The van der Waals surface area contributed by atoms with E-state index in [9.17, 15) is 19.1 Å². The van der Waals surface area contributed by atoms with Crippen molar-refractivity contribution in [1.29, 1.82) is 0 Å². The first kappa shape index (κ1) is 27.5. The number of ether oxygens (including phenoxy) is 1. The van der Waals surface area contributed by atoms with Crippen LogP contribution in [0.1, 0.15) is 33.1 Å². The van der Waals surface area contributed by atoms with Gasteiger partial charge in [0.2, 0.25) is 0 Å². The lowest BCUT2D eigenvalue weighted by Crippen LogP contribution is -2.53. The lowest BCUT2D eigenvalue weighted by atomic mass is 10.00. The minimum Gasteiger partial charge on any atom is -0.497 e. The van der Waals surface area contributed by atoms with Gasteiger partial charge in [0.25, 0.3) is 5.91 Å². The number of guanidine groups is 1. The number of nitrogens with zero attached hydrogens (tertiary/aromatic N) is 3. The first-order valence-electron chi connectivity index (χ1n) is 13.0. The van der Waals surface area contributed by atoms with Crippen molar-refractivity contribution in [2.75, 3.05) is 14.2 Å². The highest BCUT2D eigenvalue weighted by atomic mass is 19.1. The van der Waals surface area contributed by atoms with Crippen molar-refractivity contribution >= 4 is 24.0 Å². The van der Waals surface area contributed by atoms with Crippen LogP contribution in [0.4, 0.5) is 9.18 Å². The van der Waals surface area contributed by atoms with E-state index in [1.165, 1.54) is 18.2 Å². The number of carbonyl (C=O) groups excluding carboxylic acids is 1. The Hall–Kier alpha value is -5.08. The minimum absolute atomic E-state index is 0.0300. The van der Waals surface area contributed by atoms with E-state index in [0.29, 0.717) is 11.4 Å². The van der Waals surface area contributed by atoms with Gasteiger partial charge in [-0.1, -0.05) is 84.9 Å². The zero-order chi connectivity index (χ0) is 29.0.